The van der Waals surface area contributed by atoms with E-state index in [1.807, 2.05) is 0 Å². The number of nitrogens with one attached hydrogen (secondary N) is 1. The van der Waals surface area contributed by atoms with Crippen molar-refractivity contribution in [3.63, 3.8) is 0 Å². The molecule has 0 atom stereocenters. The molecule has 0 bridgehead atoms. The number of aromatic nitrogens is 2. The third kappa shape index (κ3) is 3.19. The first-order valence-corrected chi connectivity index (χ1v) is 4.36. The lowest BCUT2D eigenvalue weighted by atomic mass is 10.5. The van der Waals surface area contributed by atoms with Gasteiger partial charge in [0.25, 0.3) is 6.43 Å². The fourth-order valence-electron chi connectivity index (χ4n) is 0.738. The van der Waals surface area contributed by atoms with Crippen LogP contribution in [0.5, 0.6) is 0 Å². The summed E-state index contributed by atoms with van der Waals surface area (Å²) >= 11 is 1.17. The molecule has 0 fully saturated rings. The highest BCUT2D eigenvalue weighted by atomic mass is 32.1. The number of halogens is 2. The molecule has 1 rings (SSSR count). The molecule has 0 spiro atoms. The van der Waals surface area contributed by atoms with E-state index in [4.69, 9.17) is 4.74 Å². The zero-order valence-corrected chi connectivity index (χ0v) is 7.77. The summed E-state index contributed by atoms with van der Waals surface area (Å²) in [5.41, 5.74) is 0.563. The second kappa shape index (κ2) is 5.03. The summed E-state index contributed by atoms with van der Waals surface area (Å²) in [6.07, 6.45) is -2.44. The molecule has 1 aromatic rings. The Morgan fingerprint density at radius 1 is 1.62 bits per heavy atom. The third-order valence-electron chi connectivity index (χ3n) is 1.27. The van der Waals surface area contributed by atoms with Gasteiger partial charge >= 0.3 is 0 Å². The molecule has 0 aliphatic rings. The maximum atomic E-state index is 11.7. The number of hydrogen-bond donors (Lipinski definition) is 1. The predicted octanol–water partition coefficient (Wildman–Crippen LogP) is 1.36. The van der Waals surface area contributed by atoms with Crippen LogP contribution >= 0.6 is 11.5 Å². The molecule has 1 N–H and O–H groups in total. The van der Waals surface area contributed by atoms with Crippen molar-refractivity contribution in [3.8, 4) is 0 Å². The Morgan fingerprint density at radius 3 is 3.00 bits per heavy atom. The van der Waals surface area contributed by atoms with E-state index in [9.17, 15) is 8.78 Å². The summed E-state index contributed by atoms with van der Waals surface area (Å²) in [5.74, 6) is 0. The molecule has 0 amide bonds. The van der Waals surface area contributed by atoms with Gasteiger partial charge in [-0.05, 0) is 0 Å². The average Bonchev–Trinajstić information content (AvgIpc) is 2.51. The fraction of sp³-hybridized carbons (Fsp3) is 0.667. The lowest BCUT2D eigenvalue weighted by Crippen LogP contribution is -2.05. The van der Waals surface area contributed by atoms with Crippen molar-refractivity contribution in [3.05, 3.63) is 5.69 Å². The predicted molar refractivity (Wildman–Crippen MR) is 45.1 cm³/mol. The van der Waals surface area contributed by atoms with Crippen molar-refractivity contribution >= 4 is 16.5 Å². The fourth-order valence-corrected chi connectivity index (χ4v) is 1.26. The monoisotopic (exact) mass is 209 g/mol. The van der Waals surface area contributed by atoms with Gasteiger partial charge in [-0.25, -0.2) is 8.78 Å². The van der Waals surface area contributed by atoms with Gasteiger partial charge in [-0.15, -0.1) is 5.10 Å². The summed E-state index contributed by atoms with van der Waals surface area (Å²) in [4.78, 5) is 0. The number of alkyl halides is 2. The Labute approximate surface area is 78.1 Å². The Morgan fingerprint density at radius 2 is 2.38 bits per heavy atom. The summed E-state index contributed by atoms with van der Waals surface area (Å²) in [6, 6.07) is 0. The number of ether oxygens (including phenoxy) is 1. The van der Waals surface area contributed by atoms with Gasteiger partial charge in [-0.2, -0.15) is 0 Å². The summed E-state index contributed by atoms with van der Waals surface area (Å²) in [6.45, 7) is -0.502. The molecule has 0 aromatic carbocycles. The van der Waals surface area contributed by atoms with Crippen molar-refractivity contribution in [2.45, 2.75) is 13.0 Å². The molecule has 0 saturated heterocycles. The standard InChI is InChI=1S/C6H9F2N3OS/c1-9-6-4(10-11-13-6)2-12-3-5(7)8/h5,9H,2-3H2,1H3. The van der Waals surface area contributed by atoms with Gasteiger partial charge in [-0.1, -0.05) is 4.49 Å². The van der Waals surface area contributed by atoms with Crippen LogP contribution in [-0.2, 0) is 11.3 Å². The van der Waals surface area contributed by atoms with E-state index in [-0.39, 0.29) is 6.61 Å². The molecule has 74 valence electrons. The molecule has 0 aliphatic carbocycles. The molecular formula is C6H9F2N3OS. The van der Waals surface area contributed by atoms with Crippen LogP contribution in [0.15, 0.2) is 0 Å². The molecular weight excluding hydrogens is 200 g/mol. The van der Waals surface area contributed by atoms with Crippen LogP contribution < -0.4 is 5.32 Å². The quantitative estimate of drug-likeness (QED) is 0.795. The lowest BCUT2D eigenvalue weighted by Gasteiger charge is -2.01. The van der Waals surface area contributed by atoms with Crippen LogP contribution in [0.4, 0.5) is 13.8 Å². The van der Waals surface area contributed by atoms with Crippen LogP contribution in [0.2, 0.25) is 0 Å². The van der Waals surface area contributed by atoms with Crippen LogP contribution in [0.1, 0.15) is 5.69 Å². The molecule has 0 unspecified atom stereocenters. The smallest absolute Gasteiger partial charge is 0.261 e. The topological polar surface area (TPSA) is 47.0 Å². The Kier molecular flexibility index (Phi) is 3.97. The zero-order valence-electron chi connectivity index (χ0n) is 6.96. The van der Waals surface area contributed by atoms with E-state index < -0.39 is 13.0 Å². The largest absolute Gasteiger partial charge is 0.377 e. The van der Waals surface area contributed by atoms with Crippen molar-refractivity contribution in [2.24, 2.45) is 0 Å². The summed E-state index contributed by atoms with van der Waals surface area (Å²) in [7, 11) is 1.71. The Bertz CT molecular complexity index is 256. The van der Waals surface area contributed by atoms with E-state index in [1.54, 1.807) is 7.05 Å². The maximum Gasteiger partial charge on any atom is 0.261 e. The molecule has 0 saturated carbocycles. The van der Waals surface area contributed by atoms with Crippen molar-refractivity contribution in [2.75, 3.05) is 19.0 Å². The maximum absolute atomic E-state index is 11.7. The van der Waals surface area contributed by atoms with E-state index in [1.165, 1.54) is 11.5 Å². The van der Waals surface area contributed by atoms with Gasteiger partial charge in [0.05, 0.1) is 6.61 Å². The normalized spacial score (nSPS) is 10.8. The summed E-state index contributed by atoms with van der Waals surface area (Å²) in [5, 5.41) is 7.30. The molecule has 1 aromatic heterocycles. The minimum atomic E-state index is -2.44. The first kappa shape index (κ1) is 10.3. The van der Waals surface area contributed by atoms with Gasteiger partial charge in [0.1, 0.15) is 17.3 Å². The van der Waals surface area contributed by atoms with Gasteiger partial charge in [-0.3, -0.25) is 0 Å². The zero-order chi connectivity index (χ0) is 9.68. The average molecular weight is 209 g/mol. The van der Waals surface area contributed by atoms with Crippen LogP contribution in [-0.4, -0.2) is 29.7 Å². The molecule has 13 heavy (non-hydrogen) atoms. The number of nitrogens with zero attached hydrogens (tertiary/aromatic N) is 2. The van der Waals surface area contributed by atoms with E-state index >= 15 is 0 Å². The first-order valence-electron chi connectivity index (χ1n) is 3.59. The van der Waals surface area contributed by atoms with E-state index in [0.29, 0.717) is 5.69 Å². The summed E-state index contributed by atoms with van der Waals surface area (Å²) < 4.78 is 31.7. The van der Waals surface area contributed by atoms with Crippen molar-refractivity contribution in [1.29, 1.82) is 0 Å². The second-order valence-corrected chi connectivity index (χ2v) is 2.96. The Balaban J connectivity index is 2.36. The van der Waals surface area contributed by atoms with Crippen LogP contribution in [0.25, 0.3) is 0 Å². The van der Waals surface area contributed by atoms with Gasteiger partial charge in [0.2, 0.25) is 0 Å². The Hall–Kier alpha value is -0.820. The van der Waals surface area contributed by atoms with Gasteiger partial charge < -0.3 is 10.1 Å². The second-order valence-electron chi connectivity index (χ2n) is 2.20. The van der Waals surface area contributed by atoms with Crippen LogP contribution in [0.3, 0.4) is 0 Å². The molecule has 0 radical (unpaired) electrons. The van der Waals surface area contributed by atoms with E-state index in [2.05, 4.69) is 14.9 Å². The highest BCUT2D eigenvalue weighted by molar-refractivity contribution is 7.10. The van der Waals surface area contributed by atoms with Gasteiger partial charge in [0, 0.05) is 18.6 Å². The third-order valence-corrected chi connectivity index (χ3v) is 2.05. The van der Waals surface area contributed by atoms with E-state index in [0.717, 1.165) is 5.00 Å². The number of rotatable bonds is 5. The highest BCUT2D eigenvalue weighted by Gasteiger charge is 2.08. The van der Waals surface area contributed by atoms with Crippen molar-refractivity contribution in [1.82, 2.24) is 9.59 Å². The SMILES string of the molecule is CNc1snnc1COCC(F)F. The number of anilines is 1. The minimum Gasteiger partial charge on any atom is -0.377 e. The van der Waals surface area contributed by atoms with Crippen molar-refractivity contribution < 1.29 is 13.5 Å². The lowest BCUT2D eigenvalue weighted by molar-refractivity contribution is 0.00899. The first-order chi connectivity index (χ1) is 6.24. The van der Waals surface area contributed by atoms with Gasteiger partial charge in [0.15, 0.2) is 0 Å². The molecule has 7 heteroatoms. The van der Waals surface area contributed by atoms with Crippen LogP contribution in [0, 0.1) is 0 Å². The molecule has 0 aliphatic heterocycles. The molecule has 4 nitrogen and oxygen atoms in total. The number of hydrogen-bond acceptors (Lipinski definition) is 5. The highest BCUT2D eigenvalue weighted by Crippen LogP contribution is 2.17. The minimum absolute atomic E-state index is 0.0665. The molecule has 1 heterocycles.